The summed E-state index contributed by atoms with van der Waals surface area (Å²) in [5.74, 6) is 0.585. The molecular formula is C24H18F3NO3S. The van der Waals surface area contributed by atoms with Gasteiger partial charge in [-0.1, -0.05) is 30.0 Å². The molecule has 32 heavy (non-hydrogen) atoms. The quantitative estimate of drug-likeness (QED) is 0.416. The third kappa shape index (κ3) is 4.18. The number of nitrogens with zero attached hydrogens (tertiary/aromatic N) is 1. The van der Waals surface area contributed by atoms with Gasteiger partial charge in [0.25, 0.3) is 5.91 Å². The summed E-state index contributed by atoms with van der Waals surface area (Å²) in [4.78, 5) is 15.9. The summed E-state index contributed by atoms with van der Waals surface area (Å²) >= 11 is 1.33. The number of methoxy groups -OCH3 is 2. The number of amides is 1. The van der Waals surface area contributed by atoms with Gasteiger partial charge in [-0.15, -0.1) is 0 Å². The highest BCUT2D eigenvalue weighted by molar-refractivity contribution is 7.99. The maximum Gasteiger partial charge on any atom is 0.416 e. The Kier molecular flexibility index (Phi) is 5.88. The number of carbonyl (C=O) groups excluding carboxylic acids is 1. The minimum atomic E-state index is -4.51. The minimum Gasteiger partial charge on any atom is -0.493 e. The van der Waals surface area contributed by atoms with Crippen molar-refractivity contribution in [2.75, 3.05) is 19.1 Å². The van der Waals surface area contributed by atoms with Crippen LogP contribution >= 0.6 is 11.8 Å². The second-order valence-electron chi connectivity index (χ2n) is 6.87. The van der Waals surface area contributed by atoms with E-state index in [1.807, 2.05) is 12.1 Å². The van der Waals surface area contributed by atoms with E-state index in [1.54, 1.807) is 36.4 Å². The van der Waals surface area contributed by atoms with Gasteiger partial charge < -0.3 is 9.47 Å². The van der Waals surface area contributed by atoms with Crippen LogP contribution in [0.4, 0.5) is 24.5 Å². The number of para-hydroxylation sites is 1. The highest BCUT2D eigenvalue weighted by Crippen LogP contribution is 2.49. The first-order valence-corrected chi connectivity index (χ1v) is 10.4. The van der Waals surface area contributed by atoms with Crippen LogP contribution in [-0.4, -0.2) is 20.1 Å². The van der Waals surface area contributed by atoms with Crippen molar-refractivity contribution in [3.05, 3.63) is 77.9 Å². The van der Waals surface area contributed by atoms with Crippen molar-refractivity contribution in [2.45, 2.75) is 16.0 Å². The standard InChI is InChI=1S/C24H18F3NO3S/c1-30-19-10-7-15(13-20(19)31-2)8-12-23(29)28-17-5-3-4-6-21(17)32-22-11-9-16(14-18(22)28)24(25,26)27/h3-14H,1-2H3. The van der Waals surface area contributed by atoms with E-state index in [4.69, 9.17) is 9.47 Å². The minimum absolute atomic E-state index is 0.200. The van der Waals surface area contributed by atoms with Gasteiger partial charge in [-0.05, 0) is 54.1 Å². The average molecular weight is 457 g/mol. The number of alkyl halides is 3. The monoisotopic (exact) mass is 457 g/mol. The molecule has 0 fully saturated rings. The van der Waals surface area contributed by atoms with Crippen molar-refractivity contribution in [3.63, 3.8) is 0 Å². The highest BCUT2D eigenvalue weighted by Gasteiger charge is 2.34. The molecule has 0 spiro atoms. The average Bonchev–Trinajstić information content (AvgIpc) is 2.79. The highest BCUT2D eigenvalue weighted by atomic mass is 32.2. The molecule has 1 amide bonds. The summed E-state index contributed by atoms with van der Waals surface area (Å²) < 4.78 is 50.5. The molecule has 8 heteroatoms. The molecule has 164 valence electrons. The molecule has 3 aromatic carbocycles. The molecular weight excluding hydrogens is 439 g/mol. The maximum atomic E-state index is 13.3. The summed E-state index contributed by atoms with van der Waals surface area (Å²) in [6.45, 7) is 0. The summed E-state index contributed by atoms with van der Waals surface area (Å²) in [6.07, 6.45) is -1.60. The zero-order chi connectivity index (χ0) is 22.9. The van der Waals surface area contributed by atoms with E-state index in [0.29, 0.717) is 27.6 Å². The third-order valence-corrected chi connectivity index (χ3v) is 6.03. The van der Waals surface area contributed by atoms with E-state index in [9.17, 15) is 18.0 Å². The van der Waals surface area contributed by atoms with E-state index in [-0.39, 0.29) is 5.69 Å². The number of ether oxygens (including phenoxy) is 2. The smallest absolute Gasteiger partial charge is 0.416 e. The van der Waals surface area contributed by atoms with E-state index in [2.05, 4.69) is 0 Å². The Morgan fingerprint density at radius 2 is 1.62 bits per heavy atom. The first-order valence-electron chi connectivity index (χ1n) is 9.54. The van der Waals surface area contributed by atoms with E-state index < -0.39 is 17.6 Å². The number of carbonyl (C=O) groups is 1. The zero-order valence-corrected chi connectivity index (χ0v) is 18.0. The lowest BCUT2D eigenvalue weighted by molar-refractivity contribution is -0.137. The fraction of sp³-hybridized carbons (Fsp3) is 0.125. The normalized spacial score (nSPS) is 13.0. The lowest BCUT2D eigenvalue weighted by Gasteiger charge is -2.31. The molecule has 1 aliphatic heterocycles. The van der Waals surface area contributed by atoms with Crippen LogP contribution in [0.15, 0.2) is 76.5 Å². The second kappa shape index (κ2) is 8.63. The topological polar surface area (TPSA) is 38.8 Å². The molecule has 0 atom stereocenters. The molecule has 3 aromatic rings. The lowest BCUT2D eigenvalue weighted by atomic mass is 10.1. The van der Waals surface area contributed by atoms with Gasteiger partial charge in [0, 0.05) is 15.9 Å². The Hall–Kier alpha value is -3.39. The summed E-state index contributed by atoms with van der Waals surface area (Å²) in [7, 11) is 3.03. The predicted octanol–water partition coefficient (Wildman–Crippen LogP) is 6.57. The van der Waals surface area contributed by atoms with Crippen LogP contribution < -0.4 is 14.4 Å². The molecule has 1 aliphatic rings. The van der Waals surface area contributed by atoms with Crippen LogP contribution in [-0.2, 0) is 11.0 Å². The van der Waals surface area contributed by atoms with Crippen molar-refractivity contribution in [2.24, 2.45) is 0 Å². The van der Waals surface area contributed by atoms with Gasteiger partial charge in [-0.2, -0.15) is 13.2 Å². The van der Waals surface area contributed by atoms with Crippen LogP contribution in [0.3, 0.4) is 0 Å². The molecule has 1 heterocycles. The summed E-state index contributed by atoms with van der Waals surface area (Å²) in [5, 5.41) is 0. The van der Waals surface area contributed by atoms with Crippen molar-refractivity contribution in [3.8, 4) is 11.5 Å². The Labute approximate surface area is 187 Å². The SMILES string of the molecule is COc1ccc(C=CC(=O)N2c3ccccc3Sc3ccc(C(F)(F)F)cc32)cc1OC. The van der Waals surface area contributed by atoms with Crippen LogP contribution in [0.25, 0.3) is 6.08 Å². The number of anilines is 2. The predicted molar refractivity (Wildman–Crippen MR) is 118 cm³/mol. The molecule has 0 bridgehead atoms. The summed E-state index contributed by atoms with van der Waals surface area (Å²) in [5.41, 5.74) is 0.606. The number of hydrogen-bond donors (Lipinski definition) is 0. The van der Waals surface area contributed by atoms with Crippen molar-refractivity contribution >= 4 is 35.1 Å². The van der Waals surface area contributed by atoms with Crippen LogP contribution in [0.2, 0.25) is 0 Å². The Balaban J connectivity index is 1.74. The van der Waals surface area contributed by atoms with E-state index in [1.165, 1.54) is 43.0 Å². The van der Waals surface area contributed by atoms with E-state index >= 15 is 0 Å². The lowest BCUT2D eigenvalue weighted by Crippen LogP contribution is -2.27. The van der Waals surface area contributed by atoms with Gasteiger partial charge in [0.05, 0.1) is 31.2 Å². The maximum absolute atomic E-state index is 13.3. The molecule has 4 nitrogen and oxygen atoms in total. The molecule has 0 saturated heterocycles. The number of benzene rings is 3. The fourth-order valence-corrected chi connectivity index (χ4v) is 4.41. The van der Waals surface area contributed by atoms with Gasteiger partial charge in [0.1, 0.15) is 0 Å². The third-order valence-electron chi connectivity index (χ3n) is 4.90. The van der Waals surface area contributed by atoms with Crippen molar-refractivity contribution in [1.82, 2.24) is 0 Å². The van der Waals surface area contributed by atoms with Gasteiger partial charge in [0.15, 0.2) is 11.5 Å². The number of hydrogen-bond acceptors (Lipinski definition) is 4. The largest absolute Gasteiger partial charge is 0.493 e. The van der Waals surface area contributed by atoms with Crippen molar-refractivity contribution < 1.29 is 27.4 Å². The van der Waals surface area contributed by atoms with Gasteiger partial charge in [-0.3, -0.25) is 9.69 Å². The Bertz CT molecular complexity index is 1210. The summed E-state index contributed by atoms with van der Waals surface area (Å²) in [6, 6.07) is 15.7. The molecule has 0 saturated carbocycles. The zero-order valence-electron chi connectivity index (χ0n) is 17.1. The van der Waals surface area contributed by atoms with Crippen molar-refractivity contribution in [1.29, 1.82) is 0 Å². The number of rotatable bonds is 4. The molecule has 0 unspecified atom stereocenters. The van der Waals surface area contributed by atoms with Gasteiger partial charge in [-0.25, -0.2) is 0 Å². The Morgan fingerprint density at radius 3 is 2.34 bits per heavy atom. The second-order valence-corrected chi connectivity index (χ2v) is 7.96. The van der Waals surface area contributed by atoms with Crippen LogP contribution in [0.5, 0.6) is 11.5 Å². The first-order chi connectivity index (χ1) is 15.3. The first kappa shape index (κ1) is 21.8. The number of fused-ring (bicyclic) bond motifs is 2. The molecule has 0 aromatic heterocycles. The molecule has 4 rings (SSSR count). The van der Waals surface area contributed by atoms with Crippen LogP contribution in [0, 0.1) is 0 Å². The van der Waals surface area contributed by atoms with Gasteiger partial charge in [0.2, 0.25) is 0 Å². The molecule has 0 aliphatic carbocycles. The fourth-order valence-electron chi connectivity index (χ4n) is 3.37. The van der Waals surface area contributed by atoms with Gasteiger partial charge >= 0.3 is 6.18 Å². The molecule has 0 radical (unpaired) electrons. The molecule has 0 N–H and O–H groups in total. The number of halogens is 3. The Morgan fingerprint density at radius 1 is 0.906 bits per heavy atom. The van der Waals surface area contributed by atoms with E-state index in [0.717, 1.165) is 17.0 Å². The van der Waals surface area contributed by atoms with Crippen LogP contribution in [0.1, 0.15) is 11.1 Å².